The van der Waals surface area contributed by atoms with Gasteiger partial charge in [-0.05, 0) is 31.2 Å². The van der Waals surface area contributed by atoms with E-state index in [0.29, 0.717) is 24.7 Å². The molecule has 3 rings (SSSR count). The molecular formula is C22H22F3N5O2. The highest BCUT2D eigenvalue weighted by atomic mass is 19.2. The second-order valence-corrected chi connectivity index (χ2v) is 7.21. The monoisotopic (exact) mass is 445 g/mol. The number of hydrogen-bond acceptors (Lipinski definition) is 6. The Kier molecular flexibility index (Phi) is 6.92. The molecule has 0 aliphatic rings. The van der Waals surface area contributed by atoms with Crippen LogP contribution in [-0.4, -0.2) is 52.9 Å². The standard InChI is InChI=1S/C22H22F3N5O2/c1-13-19(23)21(28-22(25)20(13)24)15-5-7-16(8-6-15)32-18-12-26-11-17(27-18)30(4)10-9-29(3)14(2)31/h5-8,11-12H,9-10H2,1-4H3. The van der Waals surface area contributed by atoms with Crippen LogP contribution in [0.25, 0.3) is 11.3 Å². The number of ether oxygens (including phenoxy) is 1. The van der Waals surface area contributed by atoms with Gasteiger partial charge in [0.25, 0.3) is 0 Å². The van der Waals surface area contributed by atoms with Crippen LogP contribution in [0, 0.1) is 24.5 Å². The van der Waals surface area contributed by atoms with E-state index >= 15 is 0 Å². The van der Waals surface area contributed by atoms with Crippen molar-refractivity contribution in [3.63, 3.8) is 0 Å². The molecule has 0 radical (unpaired) electrons. The number of anilines is 1. The second kappa shape index (κ2) is 9.63. The summed E-state index contributed by atoms with van der Waals surface area (Å²) in [6, 6.07) is 6.04. The lowest BCUT2D eigenvalue weighted by molar-refractivity contribution is -0.127. The molecular weight excluding hydrogens is 423 g/mol. The number of halogens is 3. The fourth-order valence-corrected chi connectivity index (χ4v) is 2.76. The molecule has 2 aromatic heterocycles. The fourth-order valence-electron chi connectivity index (χ4n) is 2.76. The van der Waals surface area contributed by atoms with Crippen LogP contribution in [-0.2, 0) is 4.79 Å². The summed E-state index contributed by atoms with van der Waals surface area (Å²) < 4.78 is 47.1. The molecule has 32 heavy (non-hydrogen) atoms. The number of likely N-dealkylation sites (N-methyl/N-ethyl adjacent to an activating group) is 2. The summed E-state index contributed by atoms with van der Waals surface area (Å²) in [6.07, 6.45) is 3.01. The molecule has 1 amide bonds. The summed E-state index contributed by atoms with van der Waals surface area (Å²) in [5, 5.41) is 0. The molecule has 0 aliphatic carbocycles. The number of aromatic nitrogens is 3. The third kappa shape index (κ3) is 5.13. The number of nitrogens with zero attached hydrogens (tertiary/aromatic N) is 5. The smallest absolute Gasteiger partial charge is 0.249 e. The summed E-state index contributed by atoms with van der Waals surface area (Å²) in [5.41, 5.74) is -0.448. The quantitative estimate of drug-likeness (QED) is 0.513. The lowest BCUT2D eigenvalue weighted by Gasteiger charge is -2.22. The molecule has 0 bridgehead atoms. The molecule has 168 valence electrons. The van der Waals surface area contributed by atoms with E-state index in [4.69, 9.17) is 4.74 Å². The highest BCUT2D eigenvalue weighted by Gasteiger charge is 2.18. The van der Waals surface area contributed by atoms with Gasteiger partial charge in [0.05, 0.1) is 12.4 Å². The maximum Gasteiger partial charge on any atom is 0.249 e. The van der Waals surface area contributed by atoms with E-state index in [1.54, 1.807) is 18.1 Å². The predicted molar refractivity (Wildman–Crippen MR) is 113 cm³/mol. The van der Waals surface area contributed by atoms with E-state index in [2.05, 4.69) is 15.0 Å². The molecule has 2 heterocycles. The van der Waals surface area contributed by atoms with Gasteiger partial charge in [-0.15, -0.1) is 0 Å². The normalized spacial score (nSPS) is 10.7. The molecule has 3 aromatic rings. The van der Waals surface area contributed by atoms with Crippen molar-refractivity contribution in [3.8, 4) is 22.9 Å². The zero-order valence-electron chi connectivity index (χ0n) is 18.1. The molecule has 0 saturated heterocycles. The van der Waals surface area contributed by atoms with Gasteiger partial charge in [0.1, 0.15) is 11.4 Å². The Bertz CT molecular complexity index is 1130. The van der Waals surface area contributed by atoms with Crippen LogP contribution in [0.3, 0.4) is 0 Å². The van der Waals surface area contributed by atoms with Crippen LogP contribution in [0.1, 0.15) is 12.5 Å². The maximum atomic E-state index is 14.3. The van der Waals surface area contributed by atoms with E-state index < -0.39 is 23.1 Å². The van der Waals surface area contributed by atoms with Crippen LogP contribution < -0.4 is 9.64 Å². The number of benzene rings is 1. The minimum Gasteiger partial charge on any atom is -0.437 e. The average molecular weight is 445 g/mol. The molecule has 0 N–H and O–H groups in total. The van der Waals surface area contributed by atoms with Crippen LogP contribution in [0.4, 0.5) is 19.0 Å². The van der Waals surface area contributed by atoms with Crippen molar-refractivity contribution in [2.45, 2.75) is 13.8 Å². The first-order valence-corrected chi connectivity index (χ1v) is 9.71. The van der Waals surface area contributed by atoms with E-state index in [9.17, 15) is 18.0 Å². The van der Waals surface area contributed by atoms with Gasteiger partial charge in [-0.2, -0.15) is 9.37 Å². The second-order valence-electron chi connectivity index (χ2n) is 7.21. The van der Waals surface area contributed by atoms with Gasteiger partial charge in [0.2, 0.25) is 17.7 Å². The lowest BCUT2D eigenvalue weighted by Crippen LogP contribution is -2.33. The zero-order chi connectivity index (χ0) is 23.4. The number of hydrogen-bond donors (Lipinski definition) is 0. The van der Waals surface area contributed by atoms with Gasteiger partial charge in [-0.3, -0.25) is 9.78 Å². The number of carbonyl (C=O) groups is 1. The molecule has 0 atom stereocenters. The Labute approximate surface area is 183 Å². The molecule has 0 spiro atoms. The van der Waals surface area contributed by atoms with Crippen LogP contribution in [0.5, 0.6) is 11.6 Å². The first kappa shape index (κ1) is 23.0. The van der Waals surface area contributed by atoms with Gasteiger partial charge in [-0.1, -0.05) is 0 Å². The van der Waals surface area contributed by atoms with Crippen LogP contribution in [0.2, 0.25) is 0 Å². The fraction of sp³-hybridized carbons (Fsp3) is 0.273. The first-order chi connectivity index (χ1) is 15.2. The van der Waals surface area contributed by atoms with Gasteiger partial charge in [0, 0.05) is 45.2 Å². The lowest BCUT2D eigenvalue weighted by atomic mass is 10.1. The Morgan fingerprint density at radius 1 is 1.00 bits per heavy atom. The predicted octanol–water partition coefficient (Wildman–Crippen LogP) is 3.97. The topological polar surface area (TPSA) is 71.5 Å². The third-order valence-electron chi connectivity index (χ3n) is 4.91. The highest BCUT2D eigenvalue weighted by Crippen LogP contribution is 2.28. The van der Waals surface area contributed by atoms with Crippen molar-refractivity contribution in [1.82, 2.24) is 19.9 Å². The Hall–Kier alpha value is -3.69. The van der Waals surface area contributed by atoms with E-state index in [1.807, 2.05) is 11.9 Å². The van der Waals surface area contributed by atoms with Crippen molar-refractivity contribution >= 4 is 11.7 Å². The Morgan fingerprint density at radius 2 is 1.69 bits per heavy atom. The third-order valence-corrected chi connectivity index (χ3v) is 4.91. The summed E-state index contributed by atoms with van der Waals surface area (Å²) in [6.45, 7) is 3.72. The van der Waals surface area contributed by atoms with Crippen molar-refractivity contribution in [2.24, 2.45) is 0 Å². The van der Waals surface area contributed by atoms with Crippen molar-refractivity contribution in [2.75, 3.05) is 32.1 Å². The summed E-state index contributed by atoms with van der Waals surface area (Å²) in [5.74, 6) is -2.44. The van der Waals surface area contributed by atoms with Gasteiger partial charge in [-0.25, -0.2) is 13.8 Å². The summed E-state index contributed by atoms with van der Waals surface area (Å²) in [7, 11) is 3.54. The van der Waals surface area contributed by atoms with Crippen molar-refractivity contribution in [3.05, 3.63) is 59.8 Å². The SMILES string of the molecule is CC(=O)N(C)CCN(C)c1cncc(Oc2ccc(-c3nc(F)c(F)c(C)c3F)cc2)n1. The Morgan fingerprint density at radius 3 is 2.34 bits per heavy atom. The van der Waals surface area contributed by atoms with Crippen LogP contribution >= 0.6 is 0 Å². The van der Waals surface area contributed by atoms with Gasteiger partial charge < -0.3 is 14.5 Å². The number of carbonyl (C=O) groups excluding carboxylic acids is 1. The van der Waals surface area contributed by atoms with E-state index in [1.165, 1.54) is 37.4 Å². The van der Waals surface area contributed by atoms with Crippen molar-refractivity contribution < 1.29 is 22.7 Å². The summed E-state index contributed by atoms with van der Waals surface area (Å²) in [4.78, 5) is 26.7. The van der Waals surface area contributed by atoms with Gasteiger partial charge in [0.15, 0.2) is 17.5 Å². The minimum absolute atomic E-state index is 0.0290. The van der Waals surface area contributed by atoms with E-state index in [-0.39, 0.29) is 23.0 Å². The minimum atomic E-state index is -1.36. The summed E-state index contributed by atoms with van der Waals surface area (Å²) >= 11 is 0. The molecule has 0 saturated carbocycles. The maximum absolute atomic E-state index is 14.3. The molecule has 0 unspecified atom stereocenters. The first-order valence-electron chi connectivity index (χ1n) is 9.71. The highest BCUT2D eigenvalue weighted by molar-refractivity contribution is 5.72. The number of rotatable bonds is 7. The molecule has 0 aliphatic heterocycles. The number of pyridine rings is 1. The number of amides is 1. The molecule has 0 fully saturated rings. The molecule has 7 nitrogen and oxygen atoms in total. The van der Waals surface area contributed by atoms with Crippen molar-refractivity contribution in [1.29, 1.82) is 0 Å². The van der Waals surface area contributed by atoms with E-state index in [0.717, 1.165) is 6.92 Å². The molecule has 10 heteroatoms. The average Bonchev–Trinajstić information content (AvgIpc) is 2.79. The molecule has 1 aromatic carbocycles. The Balaban J connectivity index is 1.73. The van der Waals surface area contributed by atoms with Crippen LogP contribution in [0.15, 0.2) is 36.7 Å². The van der Waals surface area contributed by atoms with Gasteiger partial charge >= 0.3 is 0 Å². The largest absolute Gasteiger partial charge is 0.437 e. The zero-order valence-corrected chi connectivity index (χ0v) is 18.1.